The molecule has 3 aromatic rings. The summed E-state index contributed by atoms with van der Waals surface area (Å²) in [5.41, 5.74) is 2.83. The Morgan fingerprint density at radius 1 is 1.12 bits per heavy atom. The van der Waals surface area contributed by atoms with E-state index in [0.29, 0.717) is 11.5 Å². The molecule has 1 heterocycles. The van der Waals surface area contributed by atoms with E-state index in [-0.39, 0.29) is 11.9 Å². The van der Waals surface area contributed by atoms with E-state index in [1.54, 1.807) is 0 Å². The van der Waals surface area contributed by atoms with Gasteiger partial charge in [-0.2, -0.15) is 0 Å². The first-order valence-corrected chi connectivity index (χ1v) is 9.75. The van der Waals surface area contributed by atoms with Crippen LogP contribution in [0.3, 0.4) is 0 Å². The molecule has 1 N–H and O–H groups in total. The van der Waals surface area contributed by atoms with Gasteiger partial charge in [-0.05, 0) is 75.8 Å². The van der Waals surface area contributed by atoms with Crippen LogP contribution in [0.15, 0.2) is 59.2 Å². The summed E-state index contributed by atoms with van der Waals surface area (Å²) in [5.74, 6) is 0.413. The van der Waals surface area contributed by atoms with Crippen LogP contribution in [0, 0.1) is 0 Å². The first-order chi connectivity index (χ1) is 12.5. The van der Waals surface area contributed by atoms with Gasteiger partial charge in [0, 0.05) is 5.56 Å². The molecule has 0 saturated heterocycles. The molecule has 0 radical (unpaired) electrons. The van der Waals surface area contributed by atoms with Gasteiger partial charge < -0.3 is 5.32 Å². The number of halogens is 1. The van der Waals surface area contributed by atoms with Gasteiger partial charge in [0.25, 0.3) is 5.91 Å². The Hall–Kier alpha value is -2.20. The number of hydrogen-bond acceptors (Lipinski definition) is 2. The van der Waals surface area contributed by atoms with Crippen LogP contribution in [0.5, 0.6) is 0 Å². The molecule has 0 aliphatic heterocycles. The van der Waals surface area contributed by atoms with Gasteiger partial charge in [-0.15, -0.1) is 0 Å². The zero-order valence-corrected chi connectivity index (χ0v) is 16.9. The first-order valence-electron chi connectivity index (χ1n) is 8.95. The molecule has 134 valence electrons. The van der Waals surface area contributed by atoms with Crippen LogP contribution >= 0.6 is 15.9 Å². The SMILES string of the molecule is CCC(C)c1cccc2cc(C(=O)NC(C)c3cccc(Br)n3)ccc12. The van der Waals surface area contributed by atoms with Crippen molar-refractivity contribution < 1.29 is 4.79 Å². The summed E-state index contributed by atoms with van der Waals surface area (Å²) >= 11 is 3.37. The second kappa shape index (κ2) is 8.00. The third-order valence-corrected chi connectivity index (χ3v) is 5.29. The molecule has 2 unspecified atom stereocenters. The molecule has 3 nitrogen and oxygen atoms in total. The zero-order valence-electron chi connectivity index (χ0n) is 15.3. The largest absolute Gasteiger partial charge is 0.344 e. The molecule has 0 saturated carbocycles. The Morgan fingerprint density at radius 2 is 1.88 bits per heavy atom. The van der Waals surface area contributed by atoms with E-state index in [1.807, 2.05) is 37.3 Å². The molecular weight excluding hydrogens is 388 g/mol. The minimum absolute atomic E-state index is 0.0879. The van der Waals surface area contributed by atoms with Crippen molar-refractivity contribution >= 4 is 32.6 Å². The highest BCUT2D eigenvalue weighted by Crippen LogP contribution is 2.28. The van der Waals surface area contributed by atoms with Crippen LogP contribution in [0.25, 0.3) is 10.8 Å². The second-order valence-electron chi connectivity index (χ2n) is 6.67. The third-order valence-electron chi connectivity index (χ3n) is 4.85. The number of aromatic nitrogens is 1. The van der Waals surface area contributed by atoms with Crippen molar-refractivity contribution in [2.45, 2.75) is 39.2 Å². The number of rotatable bonds is 5. The van der Waals surface area contributed by atoms with Crippen LogP contribution in [0.4, 0.5) is 0 Å². The number of pyridine rings is 1. The fourth-order valence-corrected chi connectivity index (χ4v) is 3.48. The Labute approximate surface area is 163 Å². The van der Waals surface area contributed by atoms with Crippen LogP contribution in [0.2, 0.25) is 0 Å². The molecule has 0 bridgehead atoms. The summed E-state index contributed by atoms with van der Waals surface area (Å²) in [7, 11) is 0. The fraction of sp³-hybridized carbons (Fsp3) is 0.273. The summed E-state index contributed by atoms with van der Waals surface area (Å²) in [4.78, 5) is 17.1. The van der Waals surface area contributed by atoms with Gasteiger partial charge in [0.2, 0.25) is 0 Å². The third kappa shape index (κ3) is 3.96. The number of nitrogens with one attached hydrogen (secondary N) is 1. The highest BCUT2D eigenvalue weighted by atomic mass is 79.9. The second-order valence-corrected chi connectivity index (χ2v) is 7.49. The van der Waals surface area contributed by atoms with E-state index >= 15 is 0 Å². The number of carbonyl (C=O) groups is 1. The Balaban J connectivity index is 1.85. The average Bonchev–Trinajstić information content (AvgIpc) is 2.66. The fourth-order valence-electron chi connectivity index (χ4n) is 3.12. The maximum atomic E-state index is 12.7. The van der Waals surface area contributed by atoms with Crippen molar-refractivity contribution in [2.75, 3.05) is 0 Å². The van der Waals surface area contributed by atoms with Gasteiger partial charge in [0.05, 0.1) is 11.7 Å². The number of carbonyl (C=O) groups excluding carboxylic acids is 1. The first kappa shape index (κ1) is 18.6. The summed E-state index contributed by atoms with van der Waals surface area (Å²) in [6.07, 6.45) is 1.10. The summed E-state index contributed by atoms with van der Waals surface area (Å²) in [6.45, 7) is 6.37. The monoisotopic (exact) mass is 410 g/mol. The van der Waals surface area contributed by atoms with Crippen molar-refractivity contribution in [3.8, 4) is 0 Å². The van der Waals surface area contributed by atoms with Gasteiger partial charge in [-0.1, -0.05) is 44.2 Å². The van der Waals surface area contributed by atoms with Crippen LogP contribution in [0.1, 0.15) is 60.8 Å². The zero-order chi connectivity index (χ0) is 18.7. The maximum absolute atomic E-state index is 12.7. The van der Waals surface area contributed by atoms with E-state index < -0.39 is 0 Å². The van der Waals surface area contributed by atoms with E-state index in [1.165, 1.54) is 10.9 Å². The Bertz CT molecular complexity index is 938. The van der Waals surface area contributed by atoms with Crippen molar-refractivity contribution in [2.24, 2.45) is 0 Å². The van der Waals surface area contributed by atoms with Gasteiger partial charge >= 0.3 is 0 Å². The van der Waals surface area contributed by atoms with Crippen molar-refractivity contribution in [1.82, 2.24) is 10.3 Å². The van der Waals surface area contributed by atoms with Gasteiger partial charge in [-0.25, -0.2) is 4.98 Å². The Morgan fingerprint density at radius 3 is 2.62 bits per heavy atom. The molecule has 1 aromatic heterocycles. The van der Waals surface area contributed by atoms with E-state index in [2.05, 4.69) is 64.3 Å². The van der Waals surface area contributed by atoms with E-state index in [9.17, 15) is 4.79 Å². The van der Waals surface area contributed by atoms with Crippen molar-refractivity contribution in [3.63, 3.8) is 0 Å². The summed E-state index contributed by atoms with van der Waals surface area (Å²) in [6, 6.07) is 17.8. The van der Waals surface area contributed by atoms with Crippen molar-refractivity contribution in [3.05, 3.63) is 76.0 Å². The van der Waals surface area contributed by atoms with Crippen LogP contribution < -0.4 is 5.32 Å². The quantitative estimate of drug-likeness (QED) is 0.523. The smallest absolute Gasteiger partial charge is 0.251 e. The molecular formula is C22H23BrN2O. The molecule has 0 aliphatic carbocycles. The van der Waals surface area contributed by atoms with Gasteiger partial charge in [0.1, 0.15) is 4.60 Å². The molecule has 3 rings (SSSR count). The normalized spacial score (nSPS) is 13.4. The molecule has 0 aliphatic rings. The molecule has 26 heavy (non-hydrogen) atoms. The minimum atomic E-state index is -0.165. The Kier molecular flexibility index (Phi) is 5.72. The number of amides is 1. The van der Waals surface area contributed by atoms with Gasteiger partial charge in [-0.3, -0.25) is 4.79 Å². The number of benzene rings is 2. The lowest BCUT2D eigenvalue weighted by Crippen LogP contribution is -2.27. The van der Waals surface area contributed by atoms with E-state index in [4.69, 9.17) is 0 Å². The number of hydrogen-bond donors (Lipinski definition) is 1. The molecule has 1 amide bonds. The molecule has 2 aromatic carbocycles. The topological polar surface area (TPSA) is 42.0 Å². The van der Waals surface area contributed by atoms with Crippen LogP contribution in [-0.4, -0.2) is 10.9 Å². The maximum Gasteiger partial charge on any atom is 0.251 e. The average molecular weight is 411 g/mol. The standard InChI is InChI=1S/C22H23BrN2O/c1-4-14(2)18-8-5-7-16-13-17(11-12-19(16)18)22(26)24-15(3)20-9-6-10-21(23)25-20/h5-15H,4H2,1-3H3,(H,24,26). The summed E-state index contributed by atoms with van der Waals surface area (Å²) in [5, 5.41) is 5.35. The van der Waals surface area contributed by atoms with Gasteiger partial charge in [0.15, 0.2) is 0 Å². The lowest BCUT2D eigenvalue weighted by atomic mass is 9.92. The lowest BCUT2D eigenvalue weighted by molar-refractivity contribution is 0.0939. The minimum Gasteiger partial charge on any atom is -0.344 e. The van der Waals surface area contributed by atoms with Crippen LogP contribution in [-0.2, 0) is 0 Å². The number of fused-ring (bicyclic) bond motifs is 1. The van der Waals surface area contributed by atoms with E-state index in [0.717, 1.165) is 22.1 Å². The predicted molar refractivity (Wildman–Crippen MR) is 110 cm³/mol. The van der Waals surface area contributed by atoms with Crippen molar-refractivity contribution in [1.29, 1.82) is 0 Å². The predicted octanol–water partition coefficient (Wildman–Crippen LogP) is 6.00. The molecule has 0 spiro atoms. The summed E-state index contributed by atoms with van der Waals surface area (Å²) < 4.78 is 0.763. The molecule has 2 atom stereocenters. The molecule has 4 heteroatoms. The lowest BCUT2D eigenvalue weighted by Gasteiger charge is -2.15. The molecule has 0 fully saturated rings. The highest BCUT2D eigenvalue weighted by molar-refractivity contribution is 9.10. The highest BCUT2D eigenvalue weighted by Gasteiger charge is 2.14. The number of nitrogens with zero attached hydrogens (tertiary/aromatic N) is 1.